The Morgan fingerprint density at radius 2 is 1.42 bits per heavy atom. The van der Waals surface area contributed by atoms with Crippen LogP contribution in [0.25, 0.3) is 0 Å². The van der Waals surface area contributed by atoms with Crippen molar-refractivity contribution in [3.05, 3.63) is 99.4 Å². The quantitative estimate of drug-likeness (QED) is 0.174. The van der Waals surface area contributed by atoms with Crippen molar-refractivity contribution >= 4 is 46.3 Å². The van der Waals surface area contributed by atoms with Crippen LogP contribution in [0.3, 0.4) is 0 Å². The summed E-state index contributed by atoms with van der Waals surface area (Å²) in [6, 6.07) is 14.4. The second-order valence-corrected chi connectivity index (χ2v) is 11.2. The van der Waals surface area contributed by atoms with Crippen LogP contribution in [-0.2, 0) is 15.7 Å². The molecule has 238 valence electrons. The monoisotopic (exact) mass is 661 g/mol. The SMILES string of the molecule is Cc1cc(C2CNCCO2)ccc1Nc1ncc(Cl)cn1.FC(F)(F)c1cc(Nc2ccc([C@H]3CNCCO3)cc2)ncc1Cl. The van der Waals surface area contributed by atoms with E-state index in [-0.39, 0.29) is 18.0 Å². The summed E-state index contributed by atoms with van der Waals surface area (Å²) in [5, 5.41) is 12.7. The van der Waals surface area contributed by atoms with Crippen LogP contribution in [0.5, 0.6) is 0 Å². The summed E-state index contributed by atoms with van der Waals surface area (Å²) in [5.41, 5.74) is 4.01. The molecule has 4 aromatic rings. The van der Waals surface area contributed by atoms with Crippen molar-refractivity contribution < 1.29 is 22.6 Å². The van der Waals surface area contributed by atoms with E-state index in [9.17, 15) is 13.2 Å². The minimum absolute atomic E-state index is 0.0155. The molecule has 9 nitrogen and oxygen atoms in total. The highest BCUT2D eigenvalue weighted by Gasteiger charge is 2.33. The highest BCUT2D eigenvalue weighted by atomic mass is 35.5. The first-order valence-corrected chi connectivity index (χ1v) is 15.0. The lowest BCUT2D eigenvalue weighted by atomic mass is 10.0. The maximum Gasteiger partial charge on any atom is 0.418 e. The van der Waals surface area contributed by atoms with Crippen LogP contribution in [0.15, 0.2) is 67.1 Å². The molecule has 6 rings (SSSR count). The largest absolute Gasteiger partial charge is 0.418 e. The van der Waals surface area contributed by atoms with Gasteiger partial charge in [-0.05, 0) is 47.9 Å². The first-order valence-electron chi connectivity index (χ1n) is 14.2. The average Bonchev–Trinajstić information content (AvgIpc) is 3.05. The second kappa shape index (κ2) is 15.2. The molecular weight excluding hydrogens is 630 g/mol. The Labute approximate surface area is 268 Å². The van der Waals surface area contributed by atoms with Crippen molar-refractivity contribution in [2.45, 2.75) is 25.3 Å². The molecule has 45 heavy (non-hydrogen) atoms. The molecule has 0 aliphatic carbocycles. The number of halogens is 5. The minimum Gasteiger partial charge on any atom is -0.371 e. The Hall–Kier alpha value is -3.52. The number of nitrogens with zero attached hydrogens (tertiary/aromatic N) is 3. The molecule has 2 atom stereocenters. The molecule has 2 fully saturated rings. The van der Waals surface area contributed by atoms with Gasteiger partial charge >= 0.3 is 6.18 Å². The third kappa shape index (κ3) is 9.25. The topological polar surface area (TPSA) is 105 Å². The van der Waals surface area contributed by atoms with E-state index in [0.717, 1.165) is 61.9 Å². The number of anilines is 4. The number of aryl methyl sites for hydroxylation is 1. The van der Waals surface area contributed by atoms with E-state index in [1.807, 2.05) is 18.2 Å². The summed E-state index contributed by atoms with van der Waals surface area (Å²) in [7, 11) is 0. The fourth-order valence-corrected chi connectivity index (χ4v) is 5.05. The number of rotatable bonds is 6. The number of nitrogens with one attached hydrogen (secondary N) is 4. The molecule has 0 amide bonds. The number of hydrogen-bond acceptors (Lipinski definition) is 9. The summed E-state index contributed by atoms with van der Waals surface area (Å²) in [6.07, 6.45) is -0.282. The maximum absolute atomic E-state index is 12.9. The predicted molar refractivity (Wildman–Crippen MR) is 169 cm³/mol. The van der Waals surface area contributed by atoms with Crippen molar-refractivity contribution in [2.24, 2.45) is 0 Å². The van der Waals surface area contributed by atoms with Gasteiger partial charge in [-0.25, -0.2) is 15.0 Å². The smallest absolute Gasteiger partial charge is 0.371 e. The Morgan fingerprint density at radius 1 is 0.800 bits per heavy atom. The molecule has 0 radical (unpaired) electrons. The Bertz CT molecular complexity index is 1550. The third-order valence-corrected chi connectivity index (χ3v) is 7.56. The fraction of sp³-hybridized carbons (Fsp3) is 0.323. The number of hydrogen-bond donors (Lipinski definition) is 4. The molecule has 0 bridgehead atoms. The molecule has 14 heteroatoms. The Kier molecular flexibility index (Phi) is 11.1. The van der Waals surface area contributed by atoms with Gasteiger partial charge in [-0.15, -0.1) is 0 Å². The van der Waals surface area contributed by atoms with Crippen LogP contribution in [0, 0.1) is 6.92 Å². The van der Waals surface area contributed by atoms with E-state index < -0.39 is 16.8 Å². The lowest BCUT2D eigenvalue weighted by molar-refractivity contribution is -0.137. The van der Waals surface area contributed by atoms with Crippen LogP contribution in [-0.4, -0.2) is 54.3 Å². The first kappa shape index (κ1) is 32.9. The summed E-state index contributed by atoms with van der Waals surface area (Å²) in [4.78, 5) is 12.2. The normalized spacial score (nSPS) is 18.4. The third-order valence-electron chi connectivity index (χ3n) is 7.06. The van der Waals surface area contributed by atoms with Crippen molar-refractivity contribution in [3.63, 3.8) is 0 Å². The molecule has 2 aromatic heterocycles. The first-order chi connectivity index (χ1) is 21.7. The zero-order valence-corrected chi connectivity index (χ0v) is 25.8. The zero-order valence-electron chi connectivity index (χ0n) is 24.3. The number of morpholine rings is 2. The lowest BCUT2D eigenvalue weighted by Crippen LogP contribution is -2.33. The molecular formula is C31H32Cl2F3N7O2. The van der Waals surface area contributed by atoms with E-state index in [1.54, 1.807) is 24.5 Å². The van der Waals surface area contributed by atoms with E-state index in [1.165, 1.54) is 5.56 Å². The summed E-state index contributed by atoms with van der Waals surface area (Å²) in [6.45, 7) is 6.80. The van der Waals surface area contributed by atoms with Crippen molar-refractivity contribution in [3.8, 4) is 0 Å². The maximum atomic E-state index is 12.9. The van der Waals surface area contributed by atoms with Gasteiger partial charge in [0.2, 0.25) is 5.95 Å². The molecule has 4 N–H and O–H groups in total. The zero-order chi connectivity index (χ0) is 31.8. The average molecular weight is 663 g/mol. The van der Waals surface area contributed by atoms with Crippen LogP contribution in [0.2, 0.25) is 10.0 Å². The van der Waals surface area contributed by atoms with Gasteiger partial charge in [0.05, 0.1) is 53.4 Å². The molecule has 2 aromatic carbocycles. The van der Waals surface area contributed by atoms with Gasteiger partial charge in [-0.1, -0.05) is 47.5 Å². The molecule has 0 spiro atoms. The molecule has 2 saturated heterocycles. The van der Waals surface area contributed by atoms with E-state index in [0.29, 0.717) is 23.3 Å². The Balaban J connectivity index is 0.000000179. The minimum atomic E-state index is -4.52. The number of aromatic nitrogens is 3. The number of ether oxygens (including phenoxy) is 2. The van der Waals surface area contributed by atoms with Crippen molar-refractivity contribution in [1.29, 1.82) is 0 Å². The lowest BCUT2D eigenvalue weighted by Gasteiger charge is -2.24. The Morgan fingerprint density at radius 3 is 2.00 bits per heavy atom. The number of benzene rings is 2. The van der Waals surface area contributed by atoms with Gasteiger partial charge < -0.3 is 30.7 Å². The van der Waals surface area contributed by atoms with Crippen LogP contribution in [0.1, 0.15) is 34.5 Å². The highest BCUT2D eigenvalue weighted by molar-refractivity contribution is 6.31. The van der Waals surface area contributed by atoms with E-state index in [4.69, 9.17) is 32.7 Å². The molecule has 2 aliphatic rings. The standard InChI is InChI=1S/C16H15ClF3N3O.C15H17ClN4O/c17-13-8-22-15(7-12(13)16(18,19)20)23-11-3-1-10(2-4-11)14-9-21-5-6-24-14;1-10-6-11(14-9-17-4-5-21-14)2-3-13(10)20-15-18-7-12(16)8-19-15/h1-4,7-8,14,21H,5-6,9H2,(H,22,23);2-3,6-8,14,17H,4-5,9H2,1H3,(H,18,19,20)/t14-;/m1./s1. The van der Waals surface area contributed by atoms with Crippen molar-refractivity contribution in [2.75, 3.05) is 50.0 Å². The summed E-state index contributed by atoms with van der Waals surface area (Å²) >= 11 is 11.3. The van der Waals surface area contributed by atoms with Gasteiger partial charge in [0.15, 0.2) is 0 Å². The highest BCUT2D eigenvalue weighted by Crippen LogP contribution is 2.36. The number of pyridine rings is 1. The second-order valence-electron chi connectivity index (χ2n) is 10.3. The van der Waals surface area contributed by atoms with E-state index >= 15 is 0 Å². The van der Waals surface area contributed by atoms with Gasteiger partial charge in [0, 0.05) is 43.8 Å². The number of alkyl halides is 3. The van der Waals surface area contributed by atoms with Crippen molar-refractivity contribution in [1.82, 2.24) is 25.6 Å². The van der Waals surface area contributed by atoms with Gasteiger partial charge in [0.1, 0.15) is 5.82 Å². The van der Waals surface area contributed by atoms with E-state index in [2.05, 4.69) is 55.3 Å². The van der Waals surface area contributed by atoms with Crippen LogP contribution >= 0.6 is 23.2 Å². The molecule has 4 heterocycles. The van der Waals surface area contributed by atoms with Crippen LogP contribution < -0.4 is 21.3 Å². The fourth-order valence-electron chi connectivity index (χ4n) is 4.74. The molecule has 0 saturated carbocycles. The van der Waals surface area contributed by atoms with Gasteiger partial charge in [-0.3, -0.25) is 0 Å². The molecule has 1 unspecified atom stereocenters. The summed E-state index contributed by atoms with van der Waals surface area (Å²) in [5.74, 6) is 0.612. The summed E-state index contributed by atoms with van der Waals surface area (Å²) < 4.78 is 50.0. The molecule has 2 aliphatic heterocycles. The van der Waals surface area contributed by atoms with Gasteiger partial charge in [0.25, 0.3) is 0 Å². The van der Waals surface area contributed by atoms with Gasteiger partial charge in [-0.2, -0.15) is 13.2 Å². The van der Waals surface area contributed by atoms with Crippen LogP contribution in [0.4, 0.5) is 36.3 Å². The predicted octanol–water partition coefficient (Wildman–Crippen LogP) is 7.00.